The van der Waals surface area contributed by atoms with Crippen LogP contribution in [0.1, 0.15) is 40.0 Å². The molecule has 0 N–H and O–H groups in total. The van der Waals surface area contributed by atoms with E-state index < -0.39 is 5.60 Å². The fraction of sp³-hybridized carbons (Fsp3) is 0.923. The Hall–Kier alpha value is 0.270. The van der Waals surface area contributed by atoms with Gasteiger partial charge >= 0.3 is 6.09 Å². The lowest BCUT2D eigenvalue weighted by molar-refractivity contribution is -0.0489. The van der Waals surface area contributed by atoms with Crippen LogP contribution in [0, 0.1) is 0 Å². The molecule has 0 saturated carbocycles. The summed E-state index contributed by atoms with van der Waals surface area (Å²) in [5.41, 5.74) is -0.540. The number of halogens is 1. The number of likely N-dealkylation sites (tertiary alicyclic amines) is 1. The van der Waals surface area contributed by atoms with Crippen molar-refractivity contribution in [3.8, 4) is 0 Å². The highest BCUT2D eigenvalue weighted by Crippen LogP contribution is 2.38. The van der Waals surface area contributed by atoms with Crippen molar-refractivity contribution >= 4 is 36.5 Å². The van der Waals surface area contributed by atoms with E-state index in [-0.39, 0.29) is 17.8 Å². The van der Waals surface area contributed by atoms with E-state index in [9.17, 15) is 4.79 Å². The van der Waals surface area contributed by atoms with Crippen molar-refractivity contribution < 1.29 is 18.5 Å². The van der Waals surface area contributed by atoms with Gasteiger partial charge in [-0.2, -0.15) is 0 Å². The molecule has 116 valence electrons. The molecular formula is C13H22INO4S. The van der Waals surface area contributed by atoms with Crippen molar-refractivity contribution in [1.82, 2.24) is 4.90 Å². The second-order valence-corrected chi connectivity index (χ2v) is 7.84. The van der Waals surface area contributed by atoms with Gasteiger partial charge in [-0.1, -0.05) is 0 Å². The molecule has 0 radical (unpaired) electrons. The number of ether oxygens (including phenoxy) is 2. The van der Waals surface area contributed by atoms with Crippen LogP contribution in [0.3, 0.4) is 0 Å². The van der Waals surface area contributed by atoms with Gasteiger partial charge in [-0.3, -0.25) is 4.18 Å². The second-order valence-electron chi connectivity index (χ2n) is 6.45. The standard InChI is InChI=1S/C13H22INO4S/c1-12(2,3)18-11(16)15-6-4-13(5-7-15)8-10(9-17-13)19-20-14/h10H,4-9H2,1-3H3. The second kappa shape index (κ2) is 6.58. The maximum atomic E-state index is 12.0. The number of rotatable bonds is 2. The molecule has 2 fully saturated rings. The minimum atomic E-state index is -0.438. The molecule has 1 amide bonds. The van der Waals surface area contributed by atoms with Gasteiger partial charge in [-0.25, -0.2) is 4.79 Å². The average molecular weight is 415 g/mol. The van der Waals surface area contributed by atoms with E-state index in [1.54, 1.807) is 4.90 Å². The van der Waals surface area contributed by atoms with Gasteiger partial charge in [0, 0.05) is 40.7 Å². The average Bonchev–Trinajstić information content (AvgIpc) is 2.71. The summed E-state index contributed by atoms with van der Waals surface area (Å²) in [6.45, 7) is 7.71. The minimum absolute atomic E-state index is 0.102. The highest BCUT2D eigenvalue weighted by atomic mass is 127. The minimum Gasteiger partial charge on any atom is -0.444 e. The van der Waals surface area contributed by atoms with Gasteiger partial charge in [0.05, 0.1) is 27.5 Å². The van der Waals surface area contributed by atoms with E-state index in [0.29, 0.717) is 19.7 Å². The molecule has 0 aromatic heterocycles. The van der Waals surface area contributed by atoms with Gasteiger partial charge < -0.3 is 14.4 Å². The number of carbonyl (C=O) groups excluding carboxylic acids is 1. The zero-order valence-electron chi connectivity index (χ0n) is 12.2. The lowest BCUT2D eigenvalue weighted by atomic mass is 9.88. The van der Waals surface area contributed by atoms with Crippen molar-refractivity contribution in [2.45, 2.75) is 57.3 Å². The zero-order valence-corrected chi connectivity index (χ0v) is 15.2. The Morgan fingerprint density at radius 1 is 1.40 bits per heavy atom. The largest absolute Gasteiger partial charge is 0.444 e. The topological polar surface area (TPSA) is 48.0 Å². The van der Waals surface area contributed by atoms with Crippen molar-refractivity contribution in [2.75, 3.05) is 19.7 Å². The molecular weight excluding hydrogens is 393 g/mol. The third kappa shape index (κ3) is 4.38. The fourth-order valence-electron chi connectivity index (χ4n) is 2.69. The summed E-state index contributed by atoms with van der Waals surface area (Å²) in [5.74, 6) is 0. The molecule has 7 heteroatoms. The van der Waals surface area contributed by atoms with E-state index in [2.05, 4.69) is 21.2 Å². The van der Waals surface area contributed by atoms with E-state index in [1.807, 2.05) is 20.8 Å². The molecule has 2 heterocycles. The fourth-order valence-corrected chi connectivity index (χ4v) is 3.79. The zero-order chi connectivity index (χ0) is 14.8. The normalized spacial score (nSPS) is 26.0. The predicted molar refractivity (Wildman–Crippen MR) is 86.8 cm³/mol. The van der Waals surface area contributed by atoms with Gasteiger partial charge in [0.2, 0.25) is 0 Å². The molecule has 2 aliphatic heterocycles. The first kappa shape index (κ1) is 16.6. The first-order chi connectivity index (χ1) is 9.34. The van der Waals surface area contributed by atoms with Gasteiger partial charge in [0.15, 0.2) is 0 Å². The molecule has 0 aliphatic carbocycles. The third-order valence-corrected chi connectivity index (χ3v) is 4.64. The number of carbonyl (C=O) groups is 1. The summed E-state index contributed by atoms with van der Waals surface area (Å²) in [6.07, 6.45) is 2.59. The van der Waals surface area contributed by atoms with Crippen LogP contribution in [0.2, 0.25) is 0 Å². The molecule has 1 atom stereocenters. The Morgan fingerprint density at radius 2 is 2.05 bits per heavy atom. The van der Waals surface area contributed by atoms with E-state index in [0.717, 1.165) is 19.3 Å². The highest BCUT2D eigenvalue weighted by molar-refractivity contribution is 14.2. The van der Waals surface area contributed by atoms with Crippen LogP contribution in [-0.4, -0.2) is 48.0 Å². The van der Waals surface area contributed by atoms with Crippen LogP contribution < -0.4 is 0 Å². The molecule has 5 nitrogen and oxygen atoms in total. The number of amides is 1. The summed E-state index contributed by atoms with van der Waals surface area (Å²) in [6, 6.07) is 0. The summed E-state index contributed by atoms with van der Waals surface area (Å²) >= 11 is 2.13. The Balaban J connectivity index is 1.82. The SMILES string of the molecule is CC(C)(C)OC(=O)N1CCC2(CC1)CC(OSI)CO2. The Bertz CT molecular complexity index is 353. The molecule has 0 aromatic rings. The number of nitrogens with zero attached hydrogens (tertiary/aromatic N) is 1. The van der Waals surface area contributed by atoms with Gasteiger partial charge in [-0.15, -0.1) is 0 Å². The first-order valence-corrected chi connectivity index (χ1v) is 10.2. The van der Waals surface area contributed by atoms with E-state index >= 15 is 0 Å². The third-order valence-electron chi connectivity index (χ3n) is 3.67. The monoisotopic (exact) mass is 415 g/mol. The molecule has 2 aliphatic rings. The molecule has 2 rings (SSSR count). The molecule has 2 saturated heterocycles. The van der Waals surface area contributed by atoms with Crippen molar-refractivity contribution in [1.29, 1.82) is 0 Å². The maximum absolute atomic E-state index is 12.0. The van der Waals surface area contributed by atoms with Crippen LogP contribution in [0.5, 0.6) is 0 Å². The van der Waals surface area contributed by atoms with Crippen molar-refractivity contribution in [2.24, 2.45) is 0 Å². The van der Waals surface area contributed by atoms with Gasteiger partial charge in [0.1, 0.15) is 5.60 Å². The Labute approximate surface area is 136 Å². The van der Waals surface area contributed by atoms with Crippen molar-refractivity contribution in [3.05, 3.63) is 0 Å². The maximum Gasteiger partial charge on any atom is 0.410 e. The number of piperidine rings is 1. The smallest absolute Gasteiger partial charge is 0.410 e. The molecule has 0 bridgehead atoms. The van der Waals surface area contributed by atoms with Gasteiger partial charge in [-0.05, 0) is 33.6 Å². The Kier molecular flexibility index (Phi) is 5.47. The van der Waals surface area contributed by atoms with Crippen LogP contribution in [0.4, 0.5) is 4.79 Å². The Morgan fingerprint density at radius 3 is 2.60 bits per heavy atom. The number of hydrogen-bond donors (Lipinski definition) is 0. The predicted octanol–water partition coefficient (Wildman–Crippen LogP) is 3.56. The lowest BCUT2D eigenvalue weighted by Crippen LogP contribution is -2.48. The quantitative estimate of drug-likeness (QED) is 0.510. The molecule has 0 aromatic carbocycles. The van der Waals surface area contributed by atoms with Crippen LogP contribution in [0.25, 0.3) is 0 Å². The van der Waals surface area contributed by atoms with Crippen molar-refractivity contribution in [3.63, 3.8) is 0 Å². The van der Waals surface area contributed by atoms with Crippen LogP contribution in [-0.2, 0) is 13.7 Å². The summed E-state index contributed by atoms with van der Waals surface area (Å²) in [7, 11) is 1.36. The van der Waals surface area contributed by atoms with Crippen LogP contribution >= 0.6 is 30.4 Å². The lowest BCUT2D eigenvalue weighted by Gasteiger charge is -2.38. The first-order valence-electron chi connectivity index (χ1n) is 6.90. The van der Waals surface area contributed by atoms with Crippen LogP contribution in [0.15, 0.2) is 0 Å². The highest BCUT2D eigenvalue weighted by Gasteiger charge is 2.44. The van der Waals surface area contributed by atoms with E-state index in [4.69, 9.17) is 13.7 Å². The number of hydrogen-bond acceptors (Lipinski definition) is 5. The molecule has 20 heavy (non-hydrogen) atoms. The van der Waals surface area contributed by atoms with Gasteiger partial charge in [0.25, 0.3) is 0 Å². The summed E-state index contributed by atoms with van der Waals surface area (Å²) in [4.78, 5) is 13.8. The summed E-state index contributed by atoms with van der Waals surface area (Å²) < 4.78 is 16.9. The molecule has 1 spiro atoms. The summed E-state index contributed by atoms with van der Waals surface area (Å²) in [5, 5.41) is 0. The van der Waals surface area contributed by atoms with E-state index in [1.165, 1.54) is 9.21 Å². The molecule has 1 unspecified atom stereocenters.